The number of anilines is 1. The number of carbonyl (C=O) groups excluding carboxylic acids is 2. The van der Waals surface area contributed by atoms with Crippen LogP contribution in [0.15, 0.2) is 42.5 Å². The van der Waals surface area contributed by atoms with E-state index in [1.807, 2.05) is 42.5 Å². The van der Waals surface area contributed by atoms with Gasteiger partial charge in [-0.15, -0.1) is 0 Å². The number of imidazole rings is 1. The van der Waals surface area contributed by atoms with Gasteiger partial charge in [-0.1, -0.05) is 24.6 Å². The molecule has 2 aliphatic heterocycles. The lowest BCUT2D eigenvalue weighted by molar-refractivity contribution is -0.121. The number of hydrogen-bond donors (Lipinski definition) is 2. The molecule has 0 aliphatic carbocycles. The summed E-state index contributed by atoms with van der Waals surface area (Å²) in [4.78, 5) is 31.0. The Hall–Kier alpha value is -3.75. The fourth-order valence-corrected chi connectivity index (χ4v) is 4.20. The third-order valence-corrected chi connectivity index (χ3v) is 5.95. The van der Waals surface area contributed by atoms with Crippen LogP contribution in [0.1, 0.15) is 31.2 Å². The second-order valence-electron chi connectivity index (χ2n) is 8.21. The molecular weight excluding hydrogens is 422 g/mol. The summed E-state index contributed by atoms with van der Waals surface area (Å²) in [5.41, 5.74) is 2.94. The van der Waals surface area contributed by atoms with Gasteiger partial charge in [0, 0.05) is 32.6 Å². The monoisotopic (exact) mass is 449 g/mol. The smallest absolute Gasteiger partial charge is 0.324 e. The molecule has 9 heteroatoms. The number of para-hydroxylation sites is 2. The van der Waals surface area contributed by atoms with Crippen LogP contribution in [0.4, 0.5) is 10.7 Å². The molecule has 0 radical (unpaired) electrons. The lowest BCUT2D eigenvalue weighted by Crippen LogP contribution is -2.39. The highest BCUT2D eigenvalue weighted by Crippen LogP contribution is 2.32. The van der Waals surface area contributed by atoms with Crippen LogP contribution < -0.4 is 25.0 Å². The molecule has 0 atom stereocenters. The van der Waals surface area contributed by atoms with Gasteiger partial charge < -0.3 is 24.7 Å². The minimum absolute atomic E-state index is 0.0210. The second-order valence-corrected chi connectivity index (χ2v) is 8.21. The first-order valence-electron chi connectivity index (χ1n) is 11.3. The van der Waals surface area contributed by atoms with Gasteiger partial charge in [-0.2, -0.15) is 0 Å². The number of unbranched alkanes of at least 4 members (excludes halogenated alkanes) is 2. The average Bonchev–Trinajstić information content (AvgIpc) is 3.54. The molecule has 3 aromatic rings. The van der Waals surface area contributed by atoms with Gasteiger partial charge in [0.05, 0.1) is 11.0 Å². The van der Waals surface area contributed by atoms with Gasteiger partial charge in [0.25, 0.3) is 0 Å². The van der Waals surface area contributed by atoms with Crippen molar-refractivity contribution in [1.29, 1.82) is 0 Å². The maximum absolute atomic E-state index is 12.6. The van der Waals surface area contributed by atoms with Crippen LogP contribution >= 0.6 is 0 Å². The maximum Gasteiger partial charge on any atom is 0.324 e. The van der Waals surface area contributed by atoms with E-state index in [-0.39, 0.29) is 18.7 Å². The Labute approximate surface area is 191 Å². The van der Waals surface area contributed by atoms with Crippen LogP contribution in [0.5, 0.6) is 11.5 Å². The number of amides is 3. The van der Waals surface area contributed by atoms with Gasteiger partial charge in [0.15, 0.2) is 11.5 Å². The van der Waals surface area contributed by atoms with Gasteiger partial charge >= 0.3 is 6.03 Å². The molecule has 0 saturated carbocycles. The van der Waals surface area contributed by atoms with Crippen LogP contribution in [-0.2, 0) is 17.9 Å². The topological polar surface area (TPSA) is 97.7 Å². The number of rotatable bonds is 8. The van der Waals surface area contributed by atoms with Crippen molar-refractivity contribution in [2.45, 2.75) is 38.8 Å². The van der Waals surface area contributed by atoms with Crippen molar-refractivity contribution in [3.8, 4) is 11.5 Å². The number of urea groups is 1. The van der Waals surface area contributed by atoms with Crippen molar-refractivity contribution in [3.05, 3.63) is 48.0 Å². The van der Waals surface area contributed by atoms with E-state index in [4.69, 9.17) is 9.47 Å². The van der Waals surface area contributed by atoms with E-state index in [1.165, 1.54) is 0 Å². The normalized spacial score (nSPS) is 13.9. The molecule has 33 heavy (non-hydrogen) atoms. The van der Waals surface area contributed by atoms with Crippen molar-refractivity contribution < 1.29 is 19.1 Å². The van der Waals surface area contributed by atoms with E-state index < -0.39 is 0 Å². The molecule has 0 spiro atoms. The van der Waals surface area contributed by atoms with E-state index in [9.17, 15) is 9.59 Å². The minimum atomic E-state index is -0.120. The quantitative estimate of drug-likeness (QED) is 0.515. The molecule has 3 heterocycles. The molecule has 9 nitrogen and oxygen atoms in total. The molecule has 5 rings (SSSR count). The summed E-state index contributed by atoms with van der Waals surface area (Å²) in [5.74, 6) is 2.18. The maximum atomic E-state index is 12.6. The zero-order chi connectivity index (χ0) is 22.6. The van der Waals surface area contributed by atoms with Crippen molar-refractivity contribution in [3.63, 3.8) is 0 Å². The lowest BCUT2D eigenvalue weighted by Gasteiger charge is -2.15. The molecule has 0 fully saturated rings. The molecule has 2 N–H and O–H groups in total. The number of hydrogen-bond acceptors (Lipinski definition) is 5. The Morgan fingerprint density at radius 2 is 1.85 bits per heavy atom. The van der Waals surface area contributed by atoms with Crippen molar-refractivity contribution in [1.82, 2.24) is 20.2 Å². The summed E-state index contributed by atoms with van der Waals surface area (Å²) in [7, 11) is 0. The second kappa shape index (κ2) is 9.40. The predicted octanol–water partition coefficient (Wildman–Crippen LogP) is 3.17. The van der Waals surface area contributed by atoms with Crippen molar-refractivity contribution in [2.24, 2.45) is 0 Å². The highest BCUT2D eigenvalue weighted by atomic mass is 16.7. The Morgan fingerprint density at radius 3 is 2.79 bits per heavy atom. The molecule has 1 aromatic heterocycles. The summed E-state index contributed by atoms with van der Waals surface area (Å²) in [6, 6.07) is 13.5. The SMILES string of the molecule is O=C(CCCCCNC(=O)N1CCn2c1nc1ccccc12)NCc1ccc2c(c1)OCO2. The van der Waals surface area contributed by atoms with E-state index in [1.54, 1.807) is 4.90 Å². The Morgan fingerprint density at radius 1 is 0.970 bits per heavy atom. The molecule has 172 valence electrons. The molecule has 2 aromatic carbocycles. The summed E-state index contributed by atoms with van der Waals surface area (Å²) in [6.45, 7) is 2.67. The summed E-state index contributed by atoms with van der Waals surface area (Å²) >= 11 is 0. The number of aromatic nitrogens is 2. The van der Waals surface area contributed by atoms with Gasteiger partial charge in [-0.05, 0) is 42.7 Å². The average molecular weight is 450 g/mol. The third kappa shape index (κ3) is 4.57. The van der Waals surface area contributed by atoms with Crippen LogP contribution in [0.2, 0.25) is 0 Å². The number of ether oxygens (including phenoxy) is 2. The van der Waals surface area contributed by atoms with E-state index in [0.717, 1.165) is 53.9 Å². The largest absolute Gasteiger partial charge is 0.454 e. The molecule has 3 amide bonds. The fourth-order valence-electron chi connectivity index (χ4n) is 4.20. The third-order valence-electron chi connectivity index (χ3n) is 5.95. The van der Waals surface area contributed by atoms with E-state index in [2.05, 4.69) is 20.2 Å². The fraction of sp³-hybridized carbons (Fsp3) is 0.375. The minimum Gasteiger partial charge on any atom is -0.454 e. The van der Waals surface area contributed by atoms with Crippen molar-refractivity contribution in [2.75, 3.05) is 24.8 Å². The summed E-state index contributed by atoms with van der Waals surface area (Å²) in [5, 5.41) is 5.91. The first-order chi connectivity index (χ1) is 16.2. The Bertz CT molecular complexity index is 1170. The number of benzene rings is 2. The van der Waals surface area contributed by atoms with Crippen molar-refractivity contribution >= 4 is 28.9 Å². The highest BCUT2D eigenvalue weighted by molar-refractivity contribution is 5.93. The predicted molar refractivity (Wildman–Crippen MR) is 123 cm³/mol. The van der Waals surface area contributed by atoms with Crippen LogP contribution in [0.25, 0.3) is 11.0 Å². The number of nitrogens with one attached hydrogen (secondary N) is 2. The lowest BCUT2D eigenvalue weighted by atomic mass is 10.1. The van der Waals surface area contributed by atoms with Crippen LogP contribution in [-0.4, -0.2) is 41.4 Å². The molecule has 0 unspecified atom stereocenters. The van der Waals surface area contributed by atoms with Gasteiger partial charge in [0.1, 0.15) is 0 Å². The van der Waals surface area contributed by atoms with E-state index >= 15 is 0 Å². The molecular formula is C24H27N5O4. The van der Waals surface area contributed by atoms with Crippen LogP contribution in [0, 0.1) is 0 Å². The molecule has 0 bridgehead atoms. The highest BCUT2D eigenvalue weighted by Gasteiger charge is 2.27. The zero-order valence-corrected chi connectivity index (χ0v) is 18.4. The zero-order valence-electron chi connectivity index (χ0n) is 18.4. The van der Waals surface area contributed by atoms with Gasteiger partial charge in [-0.25, -0.2) is 9.78 Å². The first kappa shape index (κ1) is 21.1. The standard InChI is InChI=1S/C24H27N5O4/c30-22(26-15-17-9-10-20-21(14-17)33-16-32-20)8-2-1-5-11-25-24(31)29-13-12-28-19-7-4-3-6-18(19)27-23(28)29/h3-4,6-7,9-10,14H,1-2,5,8,11-13,15-16H2,(H,25,31)(H,26,30). The molecule has 0 saturated heterocycles. The van der Waals surface area contributed by atoms with Gasteiger partial charge in [-0.3, -0.25) is 9.69 Å². The van der Waals surface area contributed by atoms with Crippen LogP contribution in [0.3, 0.4) is 0 Å². The number of fused-ring (bicyclic) bond motifs is 4. The Balaban J connectivity index is 0.982. The number of carbonyl (C=O) groups is 2. The summed E-state index contributed by atoms with van der Waals surface area (Å²) in [6.07, 6.45) is 2.94. The number of nitrogens with zero attached hydrogens (tertiary/aromatic N) is 3. The molecule has 2 aliphatic rings. The first-order valence-corrected chi connectivity index (χ1v) is 11.3. The summed E-state index contributed by atoms with van der Waals surface area (Å²) < 4.78 is 12.7. The van der Waals surface area contributed by atoms with E-state index in [0.29, 0.717) is 32.0 Å². The Kier molecular flexibility index (Phi) is 6.01. The van der Waals surface area contributed by atoms with Gasteiger partial charge in [0.2, 0.25) is 18.6 Å².